The van der Waals surface area contributed by atoms with Gasteiger partial charge in [0.25, 0.3) is 0 Å². The number of rotatable bonds is 6. The van der Waals surface area contributed by atoms with E-state index in [2.05, 4.69) is 24.5 Å². The molecule has 0 aliphatic heterocycles. The van der Waals surface area contributed by atoms with Crippen molar-refractivity contribution in [3.63, 3.8) is 0 Å². The highest BCUT2D eigenvalue weighted by molar-refractivity contribution is 5.68. The van der Waals surface area contributed by atoms with Crippen LogP contribution in [0.5, 0.6) is 0 Å². The Morgan fingerprint density at radius 1 is 1.18 bits per heavy atom. The highest BCUT2D eigenvalue weighted by Crippen LogP contribution is 2.20. The SMILES string of the molecule is CC(C)CC(CO)NC1CCC(NC(=O)OC(C)(C)C)CC1. The Morgan fingerprint density at radius 3 is 2.18 bits per heavy atom. The Morgan fingerprint density at radius 2 is 1.73 bits per heavy atom. The molecular formula is C17H34N2O3. The Bertz CT molecular complexity index is 331. The molecule has 0 radical (unpaired) electrons. The molecule has 1 fully saturated rings. The standard InChI is InChI=1S/C17H34N2O3/c1-12(2)10-15(11-20)18-13-6-8-14(9-7-13)19-16(21)22-17(3,4)5/h12-15,18,20H,6-11H2,1-5H3,(H,19,21). The molecule has 5 heteroatoms. The van der Waals surface area contributed by atoms with Gasteiger partial charge >= 0.3 is 6.09 Å². The van der Waals surface area contributed by atoms with Gasteiger partial charge in [0.2, 0.25) is 0 Å². The molecular weight excluding hydrogens is 280 g/mol. The summed E-state index contributed by atoms with van der Waals surface area (Å²) in [5, 5.41) is 16.0. The first-order chi connectivity index (χ1) is 10.2. The molecule has 0 bridgehead atoms. The van der Waals surface area contributed by atoms with Crippen molar-refractivity contribution in [2.24, 2.45) is 5.92 Å². The van der Waals surface area contributed by atoms with Crippen LogP contribution >= 0.6 is 0 Å². The number of alkyl carbamates (subject to hydrolysis) is 1. The summed E-state index contributed by atoms with van der Waals surface area (Å²) < 4.78 is 5.29. The molecule has 1 atom stereocenters. The van der Waals surface area contributed by atoms with E-state index in [9.17, 15) is 9.90 Å². The van der Waals surface area contributed by atoms with Gasteiger partial charge in [-0.15, -0.1) is 0 Å². The molecule has 0 heterocycles. The summed E-state index contributed by atoms with van der Waals surface area (Å²) in [6, 6.07) is 0.818. The van der Waals surface area contributed by atoms with E-state index in [0.717, 1.165) is 32.1 Å². The lowest BCUT2D eigenvalue weighted by Gasteiger charge is -2.33. The van der Waals surface area contributed by atoms with Gasteiger partial charge in [0, 0.05) is 18.1 Å². The van der Waals surface area contributed by atoms with Gasteiger partial charge in [0.1, 0.15) is 5.60 Å². The summed E-state index contributed by atoms with van der Waals surface area (Å²) in [6.45, 7) is 10.2. The van der Waals surface area contributed by atoms with Crippen LogP contribution in [0.15, 0.2) is 0 Å². The van der Waals surface area contributed by atoms with Gasteiger partial charge in [-0.3, -0.25) is 0 Å². The summed E-state index contributed by atoms with van der Waals surface area (Å²) in [4.78, 5) is 11.8. The molecule has 1 aliphatic carbocycles. The topological polar surface area (TPSA) is 70.6 Å². The van der Waals surface area contributed by atoms with Crippen LogP contribution in [0.25, 0.3) is 0 Å². The number of hydrogen-bond donors (Lipinski definition) is 3. The van der Waals surface area contributed by atoms with Crippen molar-refractivity contribution in [3.8, 4) is 0 Å². The van der Waals surface area contributed by atoms with E-state index in [-0.39, 0.29) is 24.8 Å². The summed E-state index contributed by atoms with van der Waals surface area (Å²) >= 11 is 0. The Balaban J connectivity index is 2.29. The second kappa shape index (κ2) is 8.73. The third kappa shape index (κ3) is 7.99. The largest absolute Gasteiger partial charge is 0.444 e. The number of aliphatic hydroxyl groups excluding tert-OH is 1. The Kier molecular flexibility index (Phi) is 7.63. The second-order valence-electron chi connectivity index (χ2n) is 7.87. The molecule has 22 heavy (non-hydrogen) atoms. The van der Waals surface area contributed by atoms with Crippen molar-refractivity contribution >= 4 is 6.09 Å². The first kappa shape index (κ1) is 19.2. The molecule has 1 unspecified atom stereocenters. The van der Waals surface area contributed by atoms with Crippen LogP contribution in [0, 0.1) is 5.92 Å². The van der Waals surface area contributed by atoms with Crippen molar-refractivity contribution in [2.75, 3.05) is 6.61 Å². The minimum atomic E-state index is -0.450. The molecule has 0 spiro atoms. The molecule has 0 saturated heterocycles. The van der Waals surface area contributed by atoms with E-state index >= 15 is 0 Å². The van der Waals surface area contributed by atoms with Gasteiger partial charge in [-0.05, 0) is 58.8 Å². The molecule has 0 aromatic heterocycles. The number of carbonyl (C=O) groups is 1. The van der Waals surface area contributed by atoms with Gasteiger partial charge in [-0.2, -0.15) is 0 Å². The van der Waals surface area contributed by atoms with Crippen LogP contribution in [0.1, 0.15) is 66.7 Å². The van der Waals surface area contributed by atoms with Crippen molar-refractivity contribution in [1.29, 1.82) is 0 Å². The van der Waals surface area contributed by atoms with Crippen molar-refractivity contribution in [1.82, 2.24) is 10.6 Å². The zero-order chi connectivity index (χ0) is 16.8. The van der Waals surface area contributed by atoms with Crippen LogP contribution in [0.4, 0.5) is 4.79 Å². The maximum atomic E-state index is 11.8. The van der Waals surface area contributed by atoms with E-state index in [1.54, 1.807) is 0 Å². The van der Waals surface area contributed by atoms with Crippen LogP contribution in [0.2, 0.25) is 0 Å². The zero-order valence-corrected chi connectivity index (χ0v) is 14.8. The number of nitrogens with one attached hydrogen (secondary N) is 2. The fourth-order valence-corrected chi connectivity index (χ4v) is 2.98. The monoisotopic (exact) mass is 314 g/mol. The maximum absolute atomic E-state index is 11.8. The molecule has 1 amide bonds. The summed E-state index contributed by atoms with van der Waals surface area (Å²) in [5.41, 5.74) is -0.450. The highest BCUT2D eigenvalue weighted by atomic mass is 16.6. The van der Waals surface area contributed by atoms with E-state index in [1.807, 2.05) is 20.8 Å². The fourth-order valence-electron chi connectivity index (χ4n) is 2.98. The highest BCUT2D eigenvalue weighted by Gasteiger charge is 2.26. The van der Waals surface area contributed by atoms with E-state index < -0.39 is 5.60 Å². The van der Waals surface area contributed by atoms with Gasteiger partial charge in [-0.1, -0.05) is 13.8 Å². The normalized spacial score (nSPS) is 24.1. The van der Waals surface area contributed by atoms with Crippen LogP contribution in [-0.2, 0) is 4.74 Å². The molecule has 130 valence electrons. The quantitative estimate of drug-likeness (QED) is 0.705. The summed E-state index contributed by atoms with van der Waals surface area (Å²) in [5.74, 6) is 0.579. The molecule has 3 N–H and O–H groups in total. The van der Waals surface area contributed by atoms with Crippen molar-refractivity contribution < 1.29 is 14.6 Å². The van der Waals surface area contributed by atoms with Gasteiger partial charge in [-0.25, -0.2) is 4.79 Å². The second-order valence-corrected chi connectivity index (χ2v) is 7.87. The first-order valence-corrected chi connectivity index (χ1v) is 8.56. The maximum Gasteiger partial charge on any atom is 0.407 e. The van der Waals surface area contributed by atoms with Gasteiger partial charge in [0.15, 0.2) is 0 Å². The Labute approximate surface area is 135 Å². The third-order valence-corrected chi connectivity index (χ3v) is 3.90. The van der Waals surface area contributed by atoms with Crippen LogP contribution < -0.4 is 10.6 Å². The van der Waals surface area contributed by atoms with Crippen molar-refractivity contribution in [3.05, 3.63) is 0 Å². The molecule has 1 rings (SSSR count). The fraction of sp³-hybridized carbons (Fsp3) is 0.941. The first-order valence-electron chi connectivity index (χ1n) is 8.56. The average Bonchev–Trinajstić information content (AvgIpc) is 2.37. The van der Waals surface area contributed by atoms with E-state index in [4.69, 9.17) is 4.74 Å². The van der Waals surface area contributed by atoms with E-state index in [1.165, 1.54) is 0 Å². The minimum absolute atomic E-state index is 0.181. The number of hydrogen-bond acceptors (Lipinski definition) is 4. The van der Waals surface area contributed by atoms with Gasteiger partial charge < -0.3 is 20.5 Å². The lowest BCUT2D eigenvalue weighted by Crippen LogP contribution is -2.47. The number of aliphatic hydroxyl groups is 1. The number of amides is 1. The molecule has 5 nitrogen and oxygen atoms in total. The molecule has 0 aromatic rings. The van der Waals surface area contributed by atoms with Gasteiger partial charge in [0.05, 0.1) is 6.61 Å². The predicted molar refractivity (Wildman–Crippen MR) is 88.9 cm³/mol. The third-order valence-electron chi connectivity index (χ3n) is 3.90. The minimum Gasteiger partial charge on any atom is -0.444 e. The molecule has 0 aromatic carbocycles. The van der Waals surface area contributed by atoms with Crippen LogP contribution in [-0.4, -0.2) is 41.5 Å². The predicted octanol–water partition coefficient (Wildman–Crippen LogP) is 2.82. The van der Waals surface area contributed by atoms with Crippen molar-refractivity contribution in [2.45, 2.75) is 90.4 Å². The summed E-state index contributed by atoms with van der Waals surface area (Å²) in [6.07, 6.45) is 4.63. The lowest BCUT2D eigenvalue weighted by atomic mass is 9.90. The van der Waals surface area contributed by atoms with Crippen LogP contribution in [0.3, 0.4) is 0 Å². The molecule has 1 saturated carbocycles. The number of ether oxygens (including phenoxy) is 1. The average molecular weight is 314 g/mol. The Hall–Kier alpha value is -0.810. The smallest absolute Gasteiger partial charge is 0.407 e. The van der Waals surface area contributed by atoms with E-state index in [0.29, 0.717) is 12.0 Å². The zero-order valence-electron chi connectivity index (χ0n) is 14.8. The molecule has 1 aliphatic rings. The number of carbonyl (C=O) groups excluding carboxylic acids is 1. The summed E-state index contributed by atoms with van der Waals surface area (Å²) in [7, 11) is 0. The lowest BCUT2D eigenvalue weighted by molar-refractivity contribution is 0.0488.